The molecule has 90 heavy (non-hydrogen) atoms. The van der Waals surface area contributed by atoms with Gasteiger partial charge >= 0.3 is 18.1 Å². The summed E-state index contributed by atoms with van der Waals surface area (Å²) < 4.78 is 63.6. The Morgan fingerprint density at radius 3 is 1.89 bits per heavy atom. The first kappa shape index (κ1) is 75.1. The first-order chi connectivity index (χ1) is 42.1. The molecular weight excluding hydrogens is 1200 g/mol. The van der Waals surface area contributed by atoms with Gasteiger partial charge in [-0.3, -0.25) is 57.6 Å². The molecule has 31 heteroatoms. The second-order valence-corrected chi connectivity index (χ2v) is 22.1. The minimum atomic E-state index is -5.08. The van der Waals surface area contributed by atoms with Gasteiger partial charge in [-0.2, -0.15) is 13.2 Å². The zero-order chi connectivity index (χ0) is 67.6. The average Bonchev–Trinajstić information content (AvgIpc) is 1.58. The molecule has 0 fully saturated rings. The Bertz CT molecular complexity index is 3050. The molecule has 0 unspecified atom stereocenters. The largest absolute Gasteiger partial charge is 0.490 e. The van der Waals surface area contributed by atoms with Crippen LogP contribution in [0.3, 0.4) is 0 Å². The van der Waals surface area contributed by atoms with E-state index in [1.54, 1.807) is 37.6 Å². The number of amides is 10. The Hall–Kier alpha value is -9.13. The van der Waals surface area contributed by atoms with Gasteiger partial charge in [0.1, 0.15) is 48.5 Å². The standard InChI is InChI=1S/C57H77F2N11O13.C2HF3O2/c1-34(64-47(74)17-10-7-13-26-69-48(75)20-21-49(69)76)52(78)65-35(2)53(79)67-43(30-45(61)72)55(81)66-42(54(80)63-25-22-46(73)62-24-12-11-16-41(60)56(82)83)23-27-70(50(77)33-71)51(57(3,4)5)44-28-37(39-29-38(58)18-19-40(39)59)32-68(44)31-36-14-8-6-9-15-36;3-2(4,5)1(6)7/h6,8-9,14-15,18-21,28-29,32,34-35,41-43,51,71H,7,10-13,16-17,22-27,30-31,33,60H2,1-5H3,(H2,61,72)(H,62,73)(H,63,80)(H,64,74)(H,65,78)(H,66,81)(H,67,79)(H,82,83);(H,6,7)/t34-,35-,41-,42-,43-,51-;/m0./s1. The minimum absolute atomic E-state index is 0.0121. The molecule has 2 heterocycles. The number of nitrogens with one attached hydrogen (secondary N) is 6. The Morgan fingerprint density at radius 1 is 0.689 bits per heavy atom. The molecule has 1 aromatic heterocycles. The first-order valence-electron chi connectivity index (χ1n) is 28.6. The van der Waals surface area contributed by atoms with Gasteiger partial charge < -0.3 is 68.2 Å². The predicted octanol–water partition coefficient (Wildman–Crippen LogP) is 1.96. The highest BCUT2D eigenvalue weighted by atomic mass is 19.4. The number of halogens is 5. The van der Waals surface area contributed by atoms with Crippen LogP contribution in [-0.2, 0) is 64.1 Å². The van der Waals surface area contributed by atoms with Gasteiger partial charge in [0, 0.05) is 80.7 Å². The fourth-order valence-electron chi connectivity index (χ4n) is 9.14. The number of aliphatic carboxylic acids is 2. The summed E-state index contributed by atoms with van der Waals surface area (Å²) in [5.41, 5.74) is 11.6. The zero-order valence-electron chi connectivity index (χ0n) is 50.3. The monoisotopic (exact) mass is 1280 g/mol. The lowest BCUT2D eigenvalue weighted by atomic mass is 9.82. The molecule has 0 saturated carbocycles. The van der Waals surface area contributed by atoms with Crippen LogP contribution in [0.4, 0.5) is 22.0 Å². The van der Waals surface area contributed by atoms with Gasteiger partial charge in [-0.05, 0) is 87.6 Å². The second kappa shape index (κ2) is 35.8. The Kier molecular flexibility index (Phi) is 29.8. The van der Waals surface area contributed by atoms with Crippen LogP contribution in [0.15, 0.2) is 72.9 Å². The number of hydrogen-bond acceptors (Lipinski definition) is 14. The van der Waals surface area contributed by atoms with Crippen molar-refractivity contribution < 1.29 is 94.8 Å². The maximum absolute atomic E-state index is 15.4. The van der Waals surface area contributed by atoms with Crippen LogP contribution in [0.1, 0.15) is 116 Å². The van der Waals surface area contributed by atoms with Crippen LogP contribution in [0.5, 0.6) is 0 Å². The van der Waals surface area contributed by atoms with E-state index in [-0.39, 0.29) is 63.1 Å². The molecule has 0 spiro atoms. The van der Waals surface area contributed by atoms with Crippen molar-refractivity contribution >= 4 is 71.0 Å². The van der Waals surface area contributed by atoms with Crippen molar-refractivity contribution in [3.8, 4) is 11.1 Å². The van der Waals surface area contributed by atoms with E-state index in [9.17, 15) is 75.4 Å². The van der Waals surface area contributed by atoms with E-state index in [2.05, 4.69) is 31.9 Å². The smallest absolute Gasteiger partial charge is 0.480 e. The summed E-state index contributed by atoms with van der Waals surface area (Å²) in [6.07, 6.45) is -0.242. The molecule has 13 N–H and O–H groups in total. The fourth-order valence-corrected chi connectivity index (χ4v) is 9.14. The number of carboxylic acid groups (broad SMARTS) is 2. The van der Waals surface area contributed by atoms with Crippen molar-refractivity contribution in [3.05, 3.63) is 95.8 Å². The van der Waals surface area contributed by atoms with Crippen LogP contribution in [0, 0.1) is 17.0 Å². The van der Waals surface area contributed by atoms with Crippen molar-refractivity contribution in [2.45, 2.75) is 148 Å². The van der Waals surface area contributed by atoms with Gasteiger partial charge in [-0.25, -0.2) is 13.6 Å². The average molecular weight is 1280 g/mol. The molecule has 4 rings (SSSR count). The molecule has 0 radical (unpaired) electrons. The number of carbonyl (C=O) groups excluding carboxylic acids is 10. The van der Waals surface area contributed by atoms with Gasteiger partial charge in [0.15, 0.2) is 0 Å². The number of carbonyl (C=O) groups is 12. The van der Waals surface area contributed by atoms with E-state index in [0.717, 1.165) is 28.7 Å². The lowest BCUT2D eigenvalue weighted by molar-refractivity contribution is -0.192. The Balaban J connectivity index is 0.00000284. The van der Waals surface area contributed by atoms with Gasteiger partial charge in [0.25, 0.3) is 11.8 Å². The number of carboxylic acids is 2. The third-order valence-corrected chi connectivity index (χ3v) is 13.7. The van der Waals surface area contributed by atoms with Gasteiger partial charge in [0.2, 0.25) is 47.3 Å². The molecular formula is C59H78F5N11O15. The highest BCUT2D eigenvalue weighted by Gasteiger charge is 2.40. The number of aliphatic hydroxyl groups is 1. The van der Waals surface area contributed by atoms with E-state index >= 15 is 4.39 Å². The number of imide groups is 1. The topological polar surface area (TPSA) is 401 Å². The van der Waals surface area contributed by atoms with Crippen molar-refractivity contribution in [1.29, 1.82) is 0 Å². The van der Waals surface area contributed by atoms with Crippen molar-refractivity contribution in [3.63, 3.8) is 0 Å². The first-order valence-corrected chi connectivity index (χ1v) is 28.6. The highest BCUT2D eigenvalue weighted by molar-refractivity contribution is 6.12. The molecule has 0 aliphatic carbocycles. The molecule has 3 aromatic rings. The minimum Gasteiger partial charge on any atom is -0.480 e. The summed E-state index contributed by atoms with van der Waals surface area (Å²) in [5, 5.41) is 41.7. The van der Waals surface area contributed by atoms with Crippen molar-refractivity contribution in [2.24, 2.45) is 16.9 Å². The van der Waals surface area contributed by atoms with E-state index in [4.69, 9.17) is 26.5 Å². The normalized spacial score (nSPS) is 14.1. The second-order valence-electron chi connectivity index (χ2n) is 22.1. The molecule has 6 atom stereocenters. The molecule has 10 amide bonds. The van der Waals surface area contributed by atoms with Crippen molar-refractivity contribution in [2.75, 3.05) is 32.8 Å². The number of rotatable bonds is 34. The lowest BCUT2D eigenvalue weighted by Gasteiger charge is -2.41. The van der Waals surface area contributed by atoms with Crippen LogP contribution >= 0.6 is 0 Å². The molecule has 26 nitrogen and oxygen atoms in total. The number of nitrogens with zero attached hydrogens (tertiary/aromatic N) is 3. The summed E-state index contributed by atoms with van der Waals surface area (Å²) in [4.78, 5) is 153. The molecule has 0 bridgehead atoms. The van der Waals surface area contributed by atoms with Crippen molar-refractivity contribution in [1.82, 2.24) is 46.3 Å². The number of hydrogen-bond donors (Lipinski definition) is 11. The van der Waals surface area contributed by atoms with E-state index in [0.29, 0.717) is 37.8 Å². The number of nitrogens with two attached hydrogens (primary N) is 2. The summed E-state index contributed by atoms with van der Waals surface area (Å²) in [6.45, 7) is 6.90. The van der Waals surface area contributed by atoms with E-state index < -0.39 is 150 Å². The van der Waals surface area contributed by atoms with E-state index in [1.807, 2.05) is 30.3 Å². The summed E-state index contributed by atoms with van der Waals surface area (Å²) >= 11 is 0. The maximum Gasteiger partial charge on any atom is 0.490 e. The summed E-state index contributed by atoms with van der Waals surface area (Å²) in [7, 11) is 0. The Morgan fingerprint density at radius 2 is 1.30 bits per heavy atom. The lowest BCUT2D eigenvalue weighted by Crippen LogP contribution is -2.58. The number of aromatic nitrogens is 1. The molecule has 1 aliphatic heterocycles. The van der Waals surface area contributed by atoms with Crippen LogP contribution in [-0.4, -0.2) is 170 Å². The van der Waals surface area contributed by atoms with Gasteiger partial charge in [-0.1, -0.05) is 57.5 Å². The highest BCUT2D eigenvalue weighted by Crippen LogP contribution is 2.41. The van der Waals surface area contributed by atoms with Gasteiger partial charge in [0.05, 0.1) is 12.5 Å². The molecule has 1 aliphatic rings. The number of benzene rings is 2. The summed E-state index contributed by atoms with van der Waals surface area (Å²) in [6, 6.07) is 5.80. The quantitative estimate of drug-likeness (QED) is 0.0231. The zero-order valence-corrected chi connectivity index (χ0v) is 50.3. The number of unbranched alkanes of at least 4 members (excludes halogenated alkanes) is 3. The number of alkyl halides is 3. The number of primary amides is 1. The SMILES string of the molecule is C[C@H](NC(=O)CCCCCN1C(=O)C=CC1=O)C(=O)N[C@@H](C)C(=O)N[C@@H](CC(N)=O)C(=O)N[C@@H](CCN(C(=O)CO)[C@@H](c1cc(-c2cc(F)ccc2F)cn1Cc1ccccc1)C(C)(C)C)C(=O)NCCC(=O)NCCCC[C@H](N)C(=O)O.O=C(O)C(F)(F)F. The third kappa shape index (κ3) is 25.2. The van der Waals surface area contributed by atoms with Crippen LogP contribution < -0.4 is 43.4 Å². The van der Waals surface area contributed by atoms with Crippen LogP contribution in [0.2, 0.25) is 0 Å². The van der Waals surface area contributed by atoms with E-state index in [1.165, 1.54) is 30.9 Å². The molecule has 0 saturated heterocycles. The van der Waals surface area contributed by atoms with Crippen LogP contribution in [0.25, 0.3) is 11.1 Å². The third-order valence-electron chi connectivity index (χ3n) is 13.7. The molecule has 494 valence electrons. The Labute approximate surface area is 515 Å². The maximum atomic E-state index is 15.4. The fraction of sp³-hybridized carbons (Fsp3) is 0.492. The predicted molar refractivity (Wildman–Crippen MR) is 312 cm³/mol. The van der Waals surface area contributed by atoms with Gasteiger partial charge in [-0.15, -0.1) is 0 Å². The number of aliphatic hydroxyl groups excluding tert-OH is 1. The summed E-state index contributed by atoms with van der Waals surface area (Å²) in [5.74, 6) is -12.8. The molecule has 2 aromatic carbocycles.